The van der Waals surface area contributed by atoms with Gasteiger partial charge in [0, 0.05) is 25.4 Å². The van der Waals surface area contributed by atoms with Gasteiger partial charge in [-0.2, -0.15) is 0 Å². The fourth-order valence-corrected chi connectivity index (χ4v) is 5.51. The van der Waals surface area contributed by atoms with Gasteiger partial charge in [-0.15, -0.1) is 0 Å². The van der Waals surface area contributed by atoms with Crippen LogP contribution in [0.15, 0.2) is 77.5 Å². The molecular weight excluding hydrogens is 464 g/mol. The Morgan fingerprint density at radius 3 is 2.59 bits per heavy atom. The molecule has 0 radical (unpaired) electrons. The fourth-order valence-electron chi connectivity index (χ4n) is 3.50. The lowest BCUT2D eigenvalue weighted by Crippen LogP contribution is -2.57. The van der Waals surface area contributed by atoms with Crippen LogP contribution in [-0.2, 0) is 30.7 Å². The van der Waals surface area contributed by atoms with E-state index in [0.717, 1.165) is 12.1 Å². The topological polar surface area (TPSA) is 150 Å². The van der Waals surface area contributed by atoms with Crippen LogP contribution >= 0.6 is 0 Å². The molecule has 0 aliphatic heterocycles. The van der Waals surface area contributed by atoms with Crippen molar-refractivity contribution in [2.45, 2.75) is 22.4 Å². The summed E-state index contributed by atoms with van der Waals surface area (Å²) in [6.07, 6.45) is 5.83. The van der Waals surface area contributed by atoms with Crippen LogP contribution in [0.4, 0.5) is 5.69 Å². The first kappa shape index (κ1) is 25.0. The second kappa shape index (κ2) is 10.5. The molecule has 1 aromatic carbocycles. The number of sulfone groups is 1. The van der Waals surface area contributed by atoms with Crippen molar-refractivity contribution in [3.63, 3.8) is 0 Å². The van der Waals surface area contributed by atoms with Gasteiger partial charge in [-0.3, -0.25) is 25.2 Å². The van der Waals surface area contributed by atoms with Gasteiger partial charge in [0.1, 0.15) is 10.7 Å². The maximum Gasteiger partial charge on any atom is 0.288 e. The Kier molecular flexibility index (Phi) is 7.76. The van der Waals surface area contributed by atoms with E-state index in [1.165, 1.54) is 44.6 Å². The zero-order valence-electron chi connectivity index (χ0n) is 18.5. The van der Waals surface area contributed by atoms with Crippen molar-refractivity contribution in [2.24, 2.45) is 0 Å². The lowest BCUT2D eigenvalue weighted by molar-refractivity contribution is -0.387. The number of para-hydroxylation sites is 1. The number of nitrogens with one attached hydrogen (secondary N) is 2. The molecule has 1 heterocycles. The normalized spacial score (nSPS) is 19.8. The van der Waals surface area contributed by atoms with Crippen LogP contribution in [0.3, 0.4) is 0 Å². The van der Waals surface area contributed by atoms with Crippen LogP contribution in [0.2, 0.25) is 0 Å². The second-order valence-corrected chi connectivity index (χ2v) is 9.30. The summed E-state index contributed by atoms with van der Waals surface area (Å²) in [7, 11) is -1.99. The minimum atomic E-state index is -4.52. The van der Waals surface area contributed by atoms with E-state index in [-0.39, 0.29) is 18.8 Å². The lowest BCUT2D eigenvalue weighted by atomic mass is 10.0. The standard InChI is InChI=1S/C22H24N4O7S/c1-32-17-10-11-20(24-15-21(27)25-14-16-7-5-6-12-23-16)22(13-17,33-2)34(30,31)19-9-4-3-8-18(19)26(28)29/h3-13,20,24H,14-15H2,1-2H3,(H,25,27). The quantitative estimate of drug-likeness (QED) is 0.374. The summed E-state index contributed by atoms with van der Waals surface area (Å²) in [6.45, 7) is -0.0605. The third-order valence-electron chi connectivity index (χ3n) is 5.23. The van der Waals surface area contributed by atoms with Crippen molar-refractivity contribution in [3.8, 4) is 0 Å². The zero-order chi connectivity index (χ0) is 24.8. The van der Waals surface area contributed by atoms with Crippen LogP contribution in [-0.4, -0.2) is 56.0 Å². The number of carbonyl (C=O) groups excluding carboxylic acids is 1. The second-order valence-electron chi connectivity index (χ2n) is 7.22. The third kappa shape index (κ3) is 4.98. The minimum Gasteiger partial charge on any atom is -0.497 e. The number of allylic oxidation sites excluding steroid dienone is 1. The number of amides is 1. The summed E-state index contributed by atoms with van der Waals surface area (Å²) in [5, 5.41) is 17.1. The van der Waals surface area contributed by atoms with E-state index >= 15 is 0 Å². The van der Waals surface area contributed by atoms with E-state index < -0.39 is 42.2 Å². The number of nitro groups is 1. The predicted octanol–water partition coefficient (Wildman–Crippen LogP) is 1.48. The molecule has 0 saturated heterocycles. The summed E-state index contributed by atoms with van der Waals surface area (Å²) in [5.74, 6) is -0.227. The fraction of sp³-hybridized carbons (Fsp3) is 0.273. The Hall–Kier alpha value is -3.61. The summed E-state index contributed by atoms with van der Waals surface area (Å²) < 4.78 is 38.3. The van der Waals surface area contributed by atoms with Gasteiger partial charge >= 0.3 is 0 Å². The highest BCUT2D eigenvalue weighted by Gasteiger charge is 2.53. The summed E-state index contributed by atoms with van der Waals surface area (Å²) >= 11 is 0. The molecule has 0 saturated carbocycles. The van der Waals surface area contributed by atoms with Gasteiger partial charge in [0.25, 0.3) is 5.69 Å². The van der Waals surface area contributed by atoms with Crippen LogP contribution in [0.1, 0.15) is 5.69 Å². The molecule has 180 valence electrons. The maximum atomic E-state index is 13.8. The monoisotopic (exact) mass is 488 g/mol. The molecule has 1 aliphatic carbocycles. The average Bonchev–Trinajstić information content (AvgIpc) is 2.86. The first-order chi connectivity index (χ1) is 16.2. The molecule has 12 heteroatoms. The summed E-state index contributed by atoms with van der Waals surface area (Å²) in [4.78, 5) is 24.6. The van der Waals surface area contributed by atoms with Crippen LogP contribution < -0.4 is 10.6 Å². The molecule has 2 atom stereocenters. The van der Waals surface area contributed by atoms with Gasteiger partial charge in [0.15, 0.2) is 0 Å². The number of nitro benzene ring substituents is 1. The SMILES string of the molecule is COC1=CC(OC)(S(=O)(=O)c2ccccc2[N+](=O)[O-])C(NCC(=O)NCc2ccccn2)C=C1. The smallest absolute Gasteiger partial charge is 0.288 e. The number of pyridine rings is 1. The van der Waals surface area contributed by atoms with Gasteiger partial charge in [-0.05, 0) is 24.3 Å². The van der Waals surface area contributed by atoms with E-state index in [2.05, 4.69) is 15.6 Å². The number of carbonyl (C=O) groups is 1. The number of nitrogens with zero attached hydrogens (tertiary/aromatic N) is 2. The Bertz CT molecular complexity index is 1210. The van der Waals surface area contributed by atoms with E-state index in [9.17, 15) is 23.3 Å². The van der Waals surface area contributed by atoms with Gasteiger partial charge < -0.3 is 14.8 Å². The van der Waals surface area contributed by atoms with Gasteiger partial charge in [-0.25, -0.2) is 8.42 Å². The van der Waals surface area contributed by atoms with Gasteiger partial charge in [-0.1, -0.05) is 24.3 Å². The zero-order valence-corrected chi connectivity index (χ0v) is 19.3. The number of methoxy groups -OCH3 is 2. The number of aromatic nitrogens is 1. The molecular formula is C22H24N4O7S. The highest BCUT2D eigenvalue weighted by molar-refractivity contribution is 7.93. The molecule has 1 aliphatic rings. The van der Waals surface area contributed by atoms with Crippen molar-refractivity contribution in [1.29, 1.82) is 0 Å². The molecule has 2 unspecified atom stereocenters. The minimum absolute atomic E-state index is 0.182. The molecule has 1 aromatic heterocycles. The molecule has 0 bridgehead atoms. The van der Waals surface area contributed by atoms with Crippen molar-refractivity contribution < 1.29 is 27.6 Å². The molecule has 2 aromatic rings. The van der Waals surface area contributed by atoms with Crippen molar-refractivity contribution in [1.82, 2.24) is 15.6 Å². The highest BCUT2D eigenvalue weighted by Crippen LogP contribution is 2.39. The first-order valence-corrected chi connectivity index (χ1v) is 11.6. The molecule has 0 spiro atoms. The van der Waals surface area contributed by atoms with E-state index in [1.807, 2.05) is 0 Å². The van der Waals surface area contributed by atoms with Crippen molar-refractivity contribution in [3.05, 3.63) is 88.5 Å². The number of rotatable bonds is 10. The number of benzene rings is 1. The summed E-state index contributed by atoms with van der Waals surface area (Å²) in [6, 6.07) is 9.23. The Labute approximate surface area is 196 Å². The Balaban J connectivity index is 1.89. The van der Waals surface area contributed by atoms with Gasteiger partial charge in [0.05, 0.1) is 36.9 Å². The number of ether oxygens (including phenoxy) is 2. The van der Waals surface area contributed by atoms with E-state index in [1.54, 1.807) is 24.4 Å². The first-order valence-electron chi connectivity index (χ1n) is 10.1. The molecule has 11 nitrogen and oxygen atoms in total. The molecule has 0 fully saturated rings. The third-order valence-corrected chi connectivity index (χ3v) is 7.53. The van der Waals surface area contributed by atoms with E-state index in [0.29, 0.717) is 5.69 Å². The molecule has 34 heavy (non-hydrogen) atoms. The van der Waals surface area contributed by atoms with Crippen LogP contribution in [0.25, 0.3) is 0 Å². The molecule has 1 amide bonds. The molecule has 3 rings (SSSR count). The van der Waals surface area contributed by atoms with Gasteiger partial charge in [0.2, 0.25) is 20.7 Å². The Morgan fingerprint density at radius 1 is 1.21 bits per heavy atom. The lowest BCUT2D eigenvalue weighted by Gasteiger charge is -2.37. The average molecular weight is 489 g/mol. The predicted molar refractivity (Wildman–Crippen MR) is 122 cm³/mol. The molecule has 2 N–H and O–H groups in total. The van der Waals surface area contributed by atoms with Crippen LogP contribution in [0.5, 0.6) is 0 Å². The van der Waals surface area contributed by atoms with Crippen molar-refractivity contribution in [2.75, 3.05) is 20.8 Å². The van der Waals surface area contributed by atoms with Crippen molar-refractivity contribution >= 4 is 21.4 Å². The number of hydrogen-bond acceptors (Lipinski definition) is 9. The largest absolute Gasteiger partial charge is 0.497 e. The Morgan fingerprint density at radius 2 is 1.94 bits per heavy atom. The van der Waals surface area contributed by atoms with E-state index in [4.69, 9.17) is 9.47 Å². The van der Waals surface area contributed by atoms with Crippen LogP contribution in [0, 0.1) is 10.1 Å². The maximum absolute atomic E-state index is 13.8. The summed E-state index contributed by atoms with van der Waals surface area (Å²) in [5.41, 5.74) is 0.0685. The highest BCUT2D eigenvalue weighted by atomic mass is 32.2. The number of hydrogen-bond donors (Lipinski definition) is 2.